The Balaban J connectivity index is 1.81. The van der Waals surface area contributed by atoms with E-state index in [-0.39, 0.29) is 41.1 Å². The van der Waals surface area contributed by atoms with Crippen LogP contribution in [0.1, 0.15) is 21.9 Å². The zero-order chi connectivity index (χ0) is 22.5. The first-order valence-electron chi connectivity index (χ1n) is 8.83. The van der Waals surface area contributed by atoms with Crippen molar-refractivity contribution in [1.29, 1.82) is 0 Å². The maximum absolute atomic E-state index is 12.7. The molecule has 9 nitrogen and oxygen atoms in total. The number of carbonyl (C=O) groups is 3. The summed E-state index contributed by atoms with van der Waals surface area (Å²) in [4.78, 5) is 37.4. The third-order valence-corrected chi connectivity index (χ3v) is 4.47. The summed E-state index contributed by atoms with van der Waals surface area (Å²) >= 11 is 6.24. The van der Waals surface area contributed by atoms with Crippen LogP contribution in [0.15, 0.2) is 34.4 Å². The zero-order valence-electron chi connectivity index (χ0n) is 16.6. The number of rotatable bonds is 7. The molecule has 1 fully saturated rings. The molecule has 10 heteroatoms. The number of nitrogens with one attached hydrogen (secondary N) is 1. The van der Waals surface area contributed by atoms with Gasteiger partial charge >= 0.3 is 12.0 Å². The van der Waals surface area contributed by atoms with Gasteiger partial charge < -0.3 is 23.9 Å². The summed E-state index contributed by atoms with van der Waals surface area (Å²) in [6.07, 6.45) is 6.64. The van der Waals surface area contributed by atoms with E-state index >= 15 is 0 Å². The Morgan fingerprint density at radius 3 is 2.77 bits per heavy atom. The van der Waals surface area contributed by atoms with Gasteiger partial charge in [0, 0.05) is 0 Å². The molecule has 3 rings (SSSR count). The topological polar surface area (TPSA) is 107 Å². The number of ether oxygens (including phenoxy) is 3. The third kappa shape index (κ3) is 4.65. The smallest absolute Gasteiger partial charge is 0.373 e. The molecule has 0 unspecified atom stereocenters. The van der Waals surface area contributed by atoms with Gasteiger partial charge in [0.15, 0.2) is 11.5 Å². The molecular weight excluding hydrogens is 428 g/mol. The highest BCUT2D eigenvalue weighted by Gasteiger charge is 2.34. The van der Waals surface area contributed by atoms with Crippen LogP contribution in [0.4, 0.5) is 4.79 Å². The van der Waals surface area contributed by atoms with Crippen LogP contribution in [0.2, 0.25) is 5.02 Å². The normalized spacial score (nSPS) is 14.4. The van der Waals surface area contributed by atoms with Gasteiger partial charge in [0.25, 0.3) is 5.91 Å². The highest BCUT2D eigenvalue weighted by Crippen LogP contribution is 2.37. The number of terminal acetylenes is 1. The Morgan fingerprint density at radius 1 is 1.32 bits per heavy atom. The number of imide groups is 1. The quantitative estimate of drug-likeness (QED) is 0.303. The second kappa shape index (κ2) is 9.28. The lowest BCUT2D eigenvalue weighted by Gasteiger charge is -2.12. The predicted octanol–water partition coefficient (Wildman–Crippen LogP) is 2.83. The Hall–Kier alpha value is -3.90. The number of hydrogen-bond donors (Lipinski definition) is 1. The first kappa shape index (κ1) is 21.8. The fraction of sp³-hybridized carbons (Fsp3) is 0.190. The Labute approximate surface area is 182 Å². The number of amides is 3. The monoisotopic (exact) mass is 444 g/mol. The second-order valence-corrected chi connectivity index (χ2v) is 6.57. The molecule has 1 aromatic carbocycles. The fourth-order valence-corrected chi connectivity index (χ4v) is 3.06. The minimum atomic E-state index is -0.662. The van der Waals surface area contributed by atoms with Crippen LogP contribution in [0.3, 0.4) is 0 Å². The lowest BCUT2D eigenvalue weighted by molar-refractivity contribution is -0.123. The molecule has 0 bridgehead atoms. The van der Waals surface area contributed by atoms with Crippen molar-refractivity contribution >= 4 is 35.6 Å². The van der Waals surface area contributed by atoms with E-state index in [2.05, 4.69) is 16.0 Å². The number of halogens is 1. The van der Waals surface area contributed by atoms with Gasteiger partial charge in [0.05, 0.1) is 25.8 Å². The number of benzene rings is 1. The summed E-state index contributed by atoms with van der Waals surface area (Å²) < 4.78 is 20.5. The number of methoxy groups -OCH3 is 2. The lowest BCUT2D eigenvalue weighted by Crippen LogP contribution is -2.30. The summed E-state index contributed by atoms with van der Waals surface area (Å²) in [7, 11) is 2.65. The summed E-state index contributed by atoms with van der Waals surface area (Å²) in [5, 5.41) is 2.72. The first-order chi connectivity index (χ1) is 14.9. The fourth-order valence-electron chi connectivity index (χ4n) is 2.79. The van der Waals surface area contributed by atoms with Gasteiger partial charge in [-0.25, -0.2) is 9.59 Å². The number of urea groups is 1. The van der Waals surface area contributed by atoms with Crippen LogP contribution in [0.5, 0.6) is 11.5 Å². The molecule has 1 N–H and O–H groups in total. The Morgan fingerprint density at radius 2 is 2.10 bits per heavy atom. The number of hydrogen-bond acceptors (Lipinski definition) is 7. The summed E-state index contributed by atoms with van der Waals surface area (Å²) in [5.74, 6) is 1.88. The van der Waals surface area contributed by atoms with Gasteiger partial charge in [-0.3, -0.25) is 9.69 Å². The largest absolute Gasteiger partial charge is 0.493 e. The first-order valence-corrected chi connectivity index (χ1v) is 9.21. The van der Waals surface area contributed by atoms with Crippen molar-refractivity contribution < 1.29 is 33.0 Å². The SMILES string of the molecule is C#CCOc1c(Cl)cc(C=C2NC(=O)N(Cc3ccc(C(=O)OC)o3)C2=O)cc1OC. The van der Waals surface area contributed by atoms with Crippen LogP contribution in [-0.4, -0.2) is 43.6 Å². The van der Waals surface area contributed by atoms with Crippen LogP contribution >= 0.6 is 11.6 Å². The molecule has 1 aliphatic rings. The van der Waals surface area contributed by atoms with Gasteiger partial charge in [-0.2, -0.15) is 0 Å². The summed E-state index contributed by atoms with van der Waals surface area (Å²) in [6, 6.07) is 5.37. The number of nitrogens with zero attached hydrogens (tertiary/aromatic N) is 1. The minimum absolute atomic E-state index is 0.00446. The molecule has 0 saturated carbocycles. The van der Waals surface area contributed by atoms with Crippen molar-refractivity contribution in [3.05, 3.63) is 52.1 Å². The van der Waals surface area contributed by atoms with Crippen LogP contribution < -0.4 is 14.8 Å². The lowest BCUT2D eigenvalue weighted by atomic mass is 10.1. The maximum Gasteiger partial charge on any atom is 0.373 e. The van der Waals surface area contributed by atoms with E-state index in [1.807, 2.05) is 0 Å². The van der Waals surface area contributed by atoms with Crippen molar-refractivity contribution in [2.24, 2.45) is 0 Å². The minimum Gasteiger partial charge on any atom is -0.493 e. The van der Waals surface area contributed by atoms with E-state index in [1.165, 1.54) is 32.4 Å². The van der Waals surface area contributed by atoms with Crippen LogP contribution in [-0.2, 0) is 16.1 Å². The Kier molecular flexibility index (Phi) is 6.52. The van der Waals surface area contributed by atoms with E-state index in [9.17, 15) is 14.4 Å². The highest BCUT2D eigenvalue weighted by molar-refractivity contribution is 6.32. The van der Waals surface area contributed by atoms with Gasteiger partial charge in [-0.05, 0) is 35.9 Å². The van der Waals surface area contributed by atoms with Gasteiger partial charge in [-0.15, -0.1) is 6.42 Å². The predicted molar refractivity (Wildman–Crippen MR) is 109 cm³/mol. The van der Waals surface area contributed by atoms with E-state index in [1.54, 1.807) is 12.1 Å². The number of esters is 1. The van der Waals surface area contributed by atoms with E-state index in [0.717, 1.165) is 4.90 Å². The average Bonchev–Trinajstić information content (AvgIpc) is 3.32. The molecule has 0 atom stereocenters. The zero-order valence-corrected chi connectivity index (χ0v) is 17.3. The van der Waals surface area contributed by atoms with E-state index < -0.39 is 17.9 Å². The number of carbonyl (C=O) groups excluding carboxylic acids is 3. The van der Waals surface area contributed by atoms with Gasteiger partial charge in [0.2, 0.25) is 5.76 Å². The maximum atomic E-state index is 12.7. The van der Waals surface area contributed by atoms with E-state index in [4.69, 9.17) is 31.9 Å². The number of furan rings is 1. The van der Waals surface area contributed by atoms with Crippen molar-refractivity contribution in [3.63, 3.8) is 0 Å². The molecule has 1 aliphatic heterocycles. The highest BCUT2D eigenvalue weighted by atomic mass is 35.5. The molecular formula is C21H17ClN2O7. The third-order valence-electron chi connectivity index (χ3n) is 4.19. The molecule has 31 heavy (non-hydrogen) atoms. The summed E-state index contributed by atoms with van der Waals surface area (Å²) in [6.45, 7) is -0.160. The van der Waals surface area contributed by atoms with E-state index in [0.29, 0.717) is 11.3 Å². The molecule has 0 aliphatic carbocycles. The average molecular weight is 445 g/mol. The van der Waals surface area contributed by atoms with Crippen LogP contribution in [0.25, 0.3) is 6.08 Å². The van der Waals surface area contributed by atoms with Crippen molar-refractivity contribution in [2.75, 3.05) is 20.8 Å². The van der Waals surface area contributed by atoms with Crippen LogP contribution in [0, 0.1) is 12.3 Å². The second-order valence-electron chi connectivity index (χ2n) is 6.16. The standard InChI is InChI=1S/C21H17ClN2O7/c1-4-7-30-18-14(22)8-12(10-17(18)28-2)9-15-19(25)24(21(27)23-15)11-13-5-6-16(31-13)20(26)29-3/h1,5-6,8-10H,7,11H2,2-3H3,(H,23,27). The van der Waals surface area contributed by atoms with Crippen molar-refractivity contribution in [1.82, 2.24) is 10.2 Å². The van der Waals surface area contributed by atoms with Crippen molar-refractivity contribution in [3.8, 4) is 23.8 Å². The molecule has 1 aromatic heterocycles. The molecule has 160 valence electrons. The molecule has 1 saturated heterocycles. The molecule has 0 radical (unpaired) electrons. The molecule has 2 heterocycles. The summed E-state index contributed by atoms with van der Waals surface area (Å²) in [5.41, 5.74) is 0.520. The molecule has 2 aromatic rings. The van der Waals surface area contributed by atoms with Crippen molar-refractivity contribution in [2.45, 2.75) is 6.54 Å². The molecule has 3 amide bonds. The van der Waals surface area contributed by atoms with Gasteiger partial charge in [-0.1, -0.05) is 17.5 Å². The van der Waals surface area contributed by atoms with Gasteiger partial charge in [0.1, 0.15) is 18.1 Å². The Bertz CT molecular complexity index is 1110. The molecule has 0 spiro atoms.